The molecule has 0 radical (unpaired) electrons. The SMILES string of the molecule is CCNC1CC(C(=O)OCc2ccccc2)CCN1CCC(C)(CN(C)S(=O)(=O)c1ccccc1)c1ccccc1.Cl. The average Bonchev–Trinajstić information content (AvgIpc) is 3.00. The molecule has 0 aromatic heterocycles. The molecule has 4 rings (SSSR count). The molecular formula is C33H44ClN3O4S. The van der Waals surface area contributed by atoms with Gasteiger partial charge in [0.05, 0.1) is 17.0 Å². The maximum Gasteiger partial charge on any atom is 0.309 e. The second-order valence-electron chi connectivity index (χ2n) is 11.2. The Balaban J connectivity index is 0.00000484. The summed E-state index contributed by atoms with van der Waals surface area (Å²) in [5.41, 5.74) is 1.68. The van der Waals surface area contributed by atoms with E-state index >= 15 is 0 Å². The lowest BCUT2D eigenvalue weighted by Gasteiger charge is -2.42. The molecule has 1 N–H and O–H groups in total. The Hall–Kier alpha value is -2.75. The van der Waals surface area contributed by atoms with Crippen molar-refractivity contribution in [2.45, 2.75) is 56.2 Å². The molecule has 1 heterocycles. The van der Waals surface area contributed by atoms with Crippen LogP contribution in [0, 0.1) is 5.92 Å². The predicted molar refractivity (Wildman–Crippen MR) is 170 cm³/mol. The lowest BCUT2D eigenvalue weighted by atomic mass is 9.79. The van der Waals surface area contributed by atoms with Gasteiger partial charge in [-0.25, -0.2) is 12.7 Å². The highest BCUT2D eigenvalue weighted by Crippen LogP contribution is 2.32. The summed E-state index contributed by atoms with van der Waals surface area (Å²) in [6, 6.07) is 28.5. The van der Waals surface area contributed by atoms with Gasteiger partial charge in [0, 0.05) is 32.1 Å². The fourth-order valence-corrected chi connectivity index (χ4v) is 7.00. The number of ether oxygens (including phenoxy) is 1. The van der Waals surface area contributed by atoms with Gasteiger partial charge in [0.1, 0.15) is 6.61 Å². The molecule has 0 bridgehead atoms. The van der Waals surface area contributed by atoms with Crippen molar-refractivity contribution < 1.29 is 17.9 Å². The molecule has 228 valence electrons. The molecule has 0 aliphatic carbocycles. The predicted octanol–water partition coefficient (Wildman–Crippen LogP) is 5.47. The van der Waals surface area contributed by atoms with E-state index in [1.165, 1.54) is 4.31 Å². The Morgan fingerprint density at radius 2 is 1.60 bits per heavy atom. The molecule has 3 atom stereocenters. The molecule has 1 aliphatic heterocycles. The third-order valence-electron chi connectivity index (χ3n) is 8.15. The molecule has 1 aliphatic rings. The number of nitrogens with zero attached hydrogens (tertiary/aromatic N) is 2. The Labute approximate surface area is 257 Å². The molecule has 1 saturated heterocycles. The summed E-state index contributed by atoms with van der Waals surface area (Å²) in [6.07, 6.45) is 2.23. The number of hydrogen-bond acceptors (Lipinski definition) is 6. The maximum atomic E-state index is 13.4. The van der Waals surface area contributed by atoms with Crippen molar-refractivity contribution in [2.24, 2.45) is 5.92 Å². The summed E-state index contributed by atoms with van der Waals surface area (Å²) < 4.78 is 33.9. The van der Waals surface area contributed by atoms with E-state index < -0.39 is 15.4 Å². The first-order valence-corrected chi connectivity index (χ1v) is 15.9. The molecule has 3 unspecified atom stereocenters. The molecule has 3 aromatic carbocycles. The molecule has 0 amide bonds. The summed E-state index contributed by atoms with van der Waals surface area (Å²) in [7, 11) is -1.96. The molecule has 0 saturated carbocycles. The van der Waals surface area contributed by atoms with Gasteiger partial charge in [-0.3, -0.25) is 9.69 Å². The van der Waals surface area contributed by atoms with Crippen molar-refractivity contribution >= 4 is 28.4 Å². The van der Waals surface area contributed by atoms with Crippen molar-refractivity contribution in [3.05, 3.63) is 102 Å². The third kappa shape index (κ3) is 8.64. The zero-order chi connectivity index (χ0) is 29.3. The number of likely N-dealkylation sites (N-methyl/N-ethyl adjacent to an activating group) is 1. The monoisotopic (exact) mass is 613 g/mol. The average molecular weight is 614 g/mol. The highest BCUT2D eigenvalue weighted by atomic mass is 35.5. The number of likely N-dealkylation sites (tertiary alicyclic amines) is 1. The van der Waals surface area contributed by atoms with Crippen LogP contribution in [0.25, 0.3) is 0 Å². The van der Waals surface area contributed by atoms with Crippen molar-refractivity contribution in [1.29, 1.82) is 0 Å². The van der Waals surface area contributed by atoms with Crippen molar-refractivity contribution in [1.82, 2.24) is 14.5 Å². The quantitative estimate of drug-likeness (QED) is 0.258. The largest absolute Gasteiger partial charge is 0.461 e. The number of rotatable bonds is 13. The molecule has 42 heavy (non-hydrogen) atoms. The highest BCUT2D eigenvalue weighted by molar-refractivity contribution is 7.89. The third-order valence-corrected chi connectivity index (χ3v) is 9.97. The van der Waals surface area contributed by atoms with Gasteiger partial charge in [0.2, 0.25) is 10.0 Å². The van der Waals surface area contributed by atoms with Gasteiger partial charge in [-0.1, -0.05) is 92.7 Å². The Morgan fingerprint density at radius 1 is 1.00 bits per heavy atom. The minimum atomic E-state index is -3.63. The molecule has 0 spiro atoms. The van der Waals surface area contributed by atoms with E-state index in [9.17, 15) is 13.2 Å². The van der Waals surface area contributed by atoms with Gasteiger partial charge in [-0.2, -0.15) is 0 Å². The van der Waals surface area contributed by atoms with Gasteiger partial charge in [0.15, 0.2) is 0 Å². The number of piperidine rings is 1. The molecule has 1 fully saturated rings. The number of esters is 1. The maximum absolute atomic E-state index is 13.4. The number of sulfonamides is 1. The van der Waals surface area contributed by atoms with E-state index in [4.69, 9.17) is 4.74 Å². The number of halogens is 1. The molecule has 3 aromatic rings. The van der Waals surface area contributed by atoms with E-state index in [2.05, 4.69) is 36.2 Å². The standard InChI is InChI=1S/C33H43N3O4S.ClH/c1-4-34-31-24-28(32(37)40-25-27-14-8-5-9-15-27)20-22-36(31)23-21-33(2,29-16-10-6-11-17-29)26-35(3)41(38,39)30-18-12-7-13-19-30;/h5-19,28,31,34H,4,20-26H2,1-3H3;1H. The van der Waals surface area contributed by atoms with Gasteiger partial charge < -0.3 is 10.1 Å². The Bertz CT molecular complexity index is 1350. The fraction of sp³-hybridized carbons (Fsp3) is 0.424. The van der Waals surface area contributed by atoms with Crippen molar-refractivity contribution in [3.63, 3.8) is 0 Å². The van der Waals surface area contributed by atoms with Crippen LogP contribution in [0.4, 0.5) is 0 Å². The second kappa shape index (κ2) is 15.6. The van der Waals surface area contributed by atoms with E-state index in [1.807, 2.05) is 54.6 Å². The molecule has 7 nitrogen and oxygen atoms in total. The first kappa shape index (κ1) is 33.7. The van der Waals surface area contributed by atoms with Crippen molar-refractivity contribution in [2.75, 3.05) is 33.2 Å². The minimum Gasteiger partial charge on any atom is -0.461 e. The Kier molecular flexibility index (Phi) is 12.6. The topological polar surface area (TPSA) is 79.0 Å². The lowest BCUT2D eigenvalue weighted by Crippen LogP contribution is -2.53. The van der Waals surface area contributed by atoms with Gasteiger partial charge >= 0.3 is 5.97 Å². The normalized spacial score (nSPS) is 19.0. The summed E-state index contributed by atoms with van der Waals surface area (Å²) in [5, 5.41) is 3.57. The van der Waals surface area contributed by atoms with Crippen LogP contribution < -0.4 is 5.32 Å². The van der Waals surface area contributed by atoms with E-state index in [1.54, 1.807) is 31.3 Å². The second-order valence-corrected chi connectivity index (χ2v) is 13.2. The highest BCUT2D eigenvalue weighted by Gasteiger charge is 2.36. The zero-order valence-corrected chi connectivity index (χ0v) is 26.4. The summed E-state index contributed by atoms with van der Waals surface area (Å²) in [5.74, 6) is -0.292. The molecular weight excluding hydrogens is 570 g/mol. The molecule has 9 heteroatoms. The minimum absolute atomic E-state index is 0. The van der Waals surface area contributed by atoms with E-state index in [0.29, 0.717) is 24.5 Å². The number of carbonyl (C=O) groups excluding carboxylic acids is 1. The van der Waals surface area contributed by atoms with Crippen LogP contribution >= 0.6 is 12.4 Å². The first-order valence-electron chi connectivity index (χ1n) is 14.5. The van der Waals surface area contributed by atoms with Crippen LogP contribution in [0.15, 0.2) is 95.9 Å². The van der Waals surface area contributed by atoms with Crippen LogP contribution in [0.1, 0.15) is 44.2 Å². The van der Waals surface area contributed by atoms with Crippen LogP contribution in [-0.4, -0.2) is 63.0 Å². The summed E-state index contributed by atoms with van der Waals surface area (Å²) >= 11 is 0. The number of benzene rings is 3. The fourth-order valence-electron chi connectivity index (χ4n) is 5.68. The van der Waals surface area contributed by atoms with Crippen LogP contribution in [0.5, 0.6) is 0 Å². The van der Waals surface area contributed by atoms with Crippen molar-refractivity contribution in [3.8, 4) is 0 Å². The van der Waals surface area contributed by atoms with Gasteiger partial charge in [0.25, 0.3) is 0 Å². The first-order chi connectivity index (χ1) is 19.7. The van der Waals surface area contributed by atoms with Crippen LogP contribution in [0.3, 0.4) is 0 Å². The summed E-state index contributed by atoms with van der Waals surface area (Å²) in [6.45, 7) is 7.20. The smallest absolute Gasteiger partial charge is 0.309 e. The van der Waals surface area contributed by atoms with E-state index in [-0.39, 0.29) is 30.5 Å². The number of nitrogens with one attached hydrogen (secondary N) is 1. The van der Waals surface area contributed by atoms with Crippen LogP contribution in [-0.2, 0) is 31.6 Å². The van der Waals surface area contributed by atoms with E-state index in [0.717, 1.165) is 43.6 Å². The number of carbonyl (C=O) groups is 1. The zero-order valence-electron chi connectivity index (χ0n) is 24.8. The number of hydrogen-bond donors (Lipinski definition) is 1. The summed E-state index contributed by atoms with van der Waals surface area (Å²) in [4.78, 5) is 15.6. The van der Waals surface area contributed by atoms with Crippen LogP contribution in [0.2, 0.25) is 0 Å². The Morgan fingerprint density at radius 3 is 2.21 bits per heavy atom. The lowest BCUT2D eigenvalue weighted by molar-refractivity contribution is -0.152. The van der Waals surface area contributed by atoms with Gasteiger partial charge in [-0.05, 0) is 49.1 Å². The van der Waals surface area contributed by atoms with Gasteiger partial charge in [-0.15, -0.1) is 12.4 Å².